The molecule has 8 rings (SSSR count). The van der Waals surface area contributed by atoms with Crippen LogP contribution in [0.25, 0.3) is 0 Å². The van der Waals surface area contributed by atoms with Crippen molar-refractivity contribution in [2.75, 3.05) is 78.1 Å². The fourth-order valence-electron chi connectivity index (χ4n) is 7.74. The Morgan fingerprint density at radius 2 is 1.40 bits per heavy atom. The number of anilines is 7. The number of piperidine rings is 1. The van der Waals surface area contributed by atoms with Crippen LogP contribution in [0.3, 0.4) is 0 Å². The molecule has 320 valence electrons. The third-order valence-corrected chi connectivity index (χ3v) is 11.7. The molecule has 0 spiro atoms. The number of nitrogens with zero attached hydrogens (tertiary/aromatic N) is 6. The van der Waals surface area contributed by atoms with Gasteiger partial charge in [-0.3, -0.25) is 34.9 Å². The topological polar surface area (TPSA) is 167 Å². The summed E-state index contributed by atoms with van der Waals surface area (Å²) < 4.78 is 14.7. The number of hydrogen-bond acceptors (Lipinski definition) is 11. The number of aromatic nitrogens is 2. The summed E-state index contributed by atoms with van der Waals surface area (Å²) in [6, 6.07) is 28.0. The van der Waals surface area contributed by atoms with Gasteiger partial charge in [0.05, 0.1) is 16.9 Å². The van der Waals surface area contributed by atoms with E-state index in [0.29, 0.717) is 52.1 Å². The summed E-state index contributed by atoms with van der Waals surface area (Å²) >= 11 is 6.15. The minimum absolute atomic E-state index is 0.0539. The lowest BCUT2D eigenvalue weighted by molar-refractivity contribution is -0.120. The smallest absolute Gasteiger partial charge is 0.328 e. The number of benzene rings is 4. The number of imide groups is 1. The molecule has 0 unspecified atom stereocenters. The van der Waals surface area contributed by atoms with Crippen LogP contribution in [-0.2, 0) is 4.79 Å². The van der Waals surface area contributed by atoms with Crippen LogP contribution in [0, 0.1) is 11.7 Å². The highest BCUT2D eigenvalue weighted by Gasteiger charge is 2.26. The lowest BCUT2D eigenvalue weighted by Crippen LogP contribution is -2.49. The molecule has 3 aliphatic rings. The minimum Gasteiger partial charge on any atom is -0.369 e. The van der Waals surface area contributed by atoms with Gasteiger partial charge in [0.2, 0.25) is 11.9 Å². The number of carbonyl (C=O) groups is 4. The monoisotopic (exact) mass is 859 g/mol. The maximum absolute atomic E-state index is 14.7. The number of halogens is 2. The molecule has 0 saturated carbocycles. The van der Waals surface area contributed by atoms with Crippen LogP contribution in [0.5, 0.6) is 0 Å². The van der Waals surface area contributed by atoms with E-state index in [0.717, 1.165) is 82.6 Å². The van der Waals surface area contributed by atoms with Gasteiger partial charge in [-0.05, 0) is 117 Å². The molecule has 5 amide bonds. The lowest BCUT2D eigenvalue weighted by atomic mass is 9.94. The van der Waals surface area contributed by atoms with Crippen molar-refractivity contribution in [3.8, 4) is 0 Å². The number of urea groups is 1. The van der Waals surface area contributed by atoms with Crippen molar-refractivity contribution in [1.29, 1.82) is 0 Å². The maximum Gasteiger partial charge on any atom is 0.328 e. The van der Waals surface area contributed by atoms with Gasteiger partial charge in [0.1, 0.15) is 0 Å². The Morgan fingerprint density at radius 1 is 0.758 bits per heavy atom. The molecule has 0 bridgehead atoms. The van der Waals surface area contributed by atoms with Crippen molar-refractivity contribution in [1.82, 2.24) is 30.6 Å². The van der Waals surface area contributed by atoms with E-state index in [1.807, 2.05) is 29.3 Å². The van der Waals surface area contributed by atoms with Gasteiger partial charge >= 0.3 is 6.03 Å². The van der Waals surface area contributed by atoms with Gasteiger partial charge in [-0.15, -0.1) is 0 Å². The molecule has 4 heterocycles. The second kappa shape index (κ2) is 19.4. The minimum atomic E-state index is -0.657. The van der Waals surface area contributed by atoms with Gasteiger partial charge in [0.25, 0.3) is 11.8 Å². The standard InChI is InChI=1S/C45H47ClFN11O4/c46-37-3-1-2-4-39(37)51-42(60)31-5-9-33(10-6-31)49-41-38(47)29-48-44(53-41)50-34-11-7-32(8-12-34)43(61)54-57-22-18-30(19-23-57)17-21-55-25-27-56(28-26-55)35-13-15-36(16-14-35)58-24-20-40(59)52-45(58)62/h1-16,29-30H,17-28H2,(H,51,60)(H,54,61)(H,52,59,62)(H2,48,49,50,53). The Balaban J connectivity index is 0.739. The lowest BCUT2D eigenvalue weighted by Gasteiger charge is -2.38. The Labute approximate surface area is 363 Å². The first-order valence-electron chi connectivity index (χ1n) is 20.7. The fraction of sp³-hybridized carbons (Fsp3) is 0.289. The largest absolute Gasteiger partial charge is 0.369 e. The molecule has 4 aromatic carbocycles. The second-order valence-corrected chi connectivity index (χ2v) is 15.9. The Morgan fingerprint density at radius 3 is 2.08 bits per heavy atom. The van der Waals surface area contributed by atoms with Gasteiger partial charge in [-0.25, -0.2) is 19.2 Å². The second-order valence-electron chi connectivity index (χ2n) is 15.5. The predicted octanol–water partition coefficient (Wildman–Crippen LogP) is 7.02. The van der Waals surface area contributed by atoms with Crippen molar-refractivity contribution >= 4 is 75.6 Å². The zero-order valence-electron chi connectivity index (χ0n) is 33.9. The van der Waals surface area contributed by atoms with E-state index in [9.17, 15) is 23.6 Å². The average Bonchev–Trinajstić information content (AvgIpc) is 3.29. The number of rotatable bonds is 13. The molecule has 3 aliphatic heterocycles. The first-order valence-corrected chi connectivity index (χ1v) is 21.1. The van der Waals surface area contributed by atoms with Crippen LogP contribution in [0.2, 0.25) is 5.02 Å². The van der Waals surface area contributed by atoms with Crippen LogP contribution in [0.4, 0.5) is 49.4 Å². The number of amides is 5. The van der Waals surface area contributed by atoms with Crippen molar-refractivity contribution in [2.45, 2.75) is 25.7 Å². The number of piperazine rings is 1. The van der Waals surface area contributed by atoms with Gasteiger partial charge in [0, 0.05) is 86.1 Å². The number of carbonyl (C=O) groups excluding carboxylic acids is 4. The summed E-state index contributed by atoms with van der Waals surface area (Å²) in [6.45, 7) is 6.87. The first-order chi connectivity index (χ1) is 30.1. The zero-order valence-corrected chi connectivity index (χ0v) is 34.7. The highest BCUT2D eigenvalue weighted by molar-refractivity contribution is 6.33. The van der Waals surface area contributed by atoms with Crippen LogP contribution in [0.1, 0.15) is 46.4 Å². The zero-order chi connectivity index (χ0) is 43.0. The van der Waals surface area contributed by atoms with E-state index in [-0.39, 0.29) is 35.5 Å². The van der Waals surface area contributed by atoms with Gasteiger partial charge in [-0.1, -0.05) is 23.7 Å². The molecule has 3 fully saturated rings. The van der Waals surface area contributed by atoms with E-state index >= 15 is 0 Å². The van der Waals surface area contributed by atoms with E-state index in [1.54, 1.807) is 77.7 Å². The number of hydrogen-bond donors (Lipinski definition) is 5. The van der Waals surface area contributed by atoms with Gasteiger partial charge in [0.15, 0.2) is 11.6 Å². The van der Waals surface area contributed by atoms with Crippen LogP contribution in [0.15, 0.2) is 103 Å². The first kappa shape index (κ1) is 42.1. The molecule has 0 atom stereocenters. The quantitative estimate of drug-likeness (QED) is 0.0826. The molecule has 1 aromatic heterocycles. The maximum atomic E-state index is 14.7. The molecule has 17 heteroatoms. The molecule has 5 N–H and O–H groups in total. The van der Waals surface area contributed by atoms with E-state index in [4.69, 9.17) is 11.6 Å². The summed E-state index contributed by atoms with van der Waals surface area (Å²) in [5, 5.41) is 13.6. The molecule has 15 nitrogen and oxygen atoms in total. The molecule has 62 heavy (non-hydrogen) atoms. The summed E-state index contributed by atoms with van der Waals surface area (Å²) in [5.74, 6) is -0.714. The number of para-hydroxylation sites is 1. The van der Waals surface area contributed by atoms with Crippen molar-refractivity contribution in [2.24, 2.45) is 5.92 Å². The molecule has 0 radical (unpaired) electrons. The summed E-state index contributed by atoms with van der Waals surface area (Å²) in [5.41, 5.74) is 7.51. The van der Waals surface area contributed by atoms with E-state index < -0.39 is 5.82 Å². The predicted molar refractivity (Wildman–Crippen MR) is 238 cm³/mol. The summed E-state index contributed by atoms with van der Waals surface area (Å²) in [7, 11) is 0. The van der Waals surface area contributed by atoms with Gasteiger partial charge in [-0.2, -0.15) is 4.98 Å². The SMILES string of the molecule is O=C1CCN(c2ccc(N3CCN(CCC4CCN(NC(=O)c5ccc(Nc6ncc(F)c(Nc7ccc(C(=O)Nc8ccccc8Cl)cc7)n6)cc5)CC4)CC3)cc2)C(=O)N1. The molecular weight excluding hydrogens is 813 g/mol. The van der Waals surface area contributed by atoms with Crippen LogP contribution < -0.4 is 36.5 Å². The van der Waals surface area contributed by atoms with Crippen molar-refractivity contribution < 1.29 is 23.6 Å². The highest BCUT2D eigenvalue weighted by atomic mass is 35.5. The van der Waals surface area contributed by atoms with Gasteiger partial charge < -0.3 is 20.9 Å². The molecular formula is C45H47ClFN11O4. The Kier molecular flexibility index (Phi) is 13.2. The Bertz CT molecular complexity index is 2390. The third kappa shape index (κ3) is 10.6. The van der Waals surface area contributed by atoms with E-state index in [2.05, 4.69) is 46.5 Å². The Hall–Kier alpha value is -6.62. The summed E-state index contributed by atoms with van der Waals surface area (Å²) in [4.78, 5) is 64.4. The van der Waals surface area contributed by atoms with Crippen molar-refractivity contribution in [3.63, 3.8) is 0 Å². The third-order valence-electron chi connectivity index (χ3n) is 11.4. The normalized spacial score (nSPS) is 16.4. The fourth-order valence-corrected chi connectivity index (χ4v) is 7.92. The molecule has 0 aliphatic carbocycles. The van der Waals surface area contributed by atoms with E-state index in [1.165, 1.54) is 0 Å². The molecule has 3 saturated heterocycles. The number of hydrazine groups is 1. The highest BCUT2D eigenvalue weighted by Crippen LogP contribution is 2.27. The number of nitrogens with one attached hydrogen (secondary N) is 5. The van der Waals surface area contributed by atoms with Crippen molar-refractivity contribution in [3.05, 3.63) is 125 Å². The van der Waals surface area contributed by atoms with Crippen LogP contribution in [-0.4, -0.2) is 96.0 Å². The molecule has 5 aromatic rings. The summed E-state index contributed by atoms with van der Waals surface area (Å²) in [6.07, 6.45) is 4.52. The average molecular weight is 860 g/mol. The van der Waals surface area contributed by atoms with Crippen LogP contribution >= 0.6 is 11.6 Å².